The maximum absolute atomic E-state index is 11.0. The minimum absolute atomic E-state index is 0.0180. The molecule has 7 heteroatoms. The van der Waals surface area contributed by atoms with Crippen LogP contribution in [0.4, 0.5) is 0 Å². The second kappa shape index (κ2) is 17.6. The molecule has 0 atom stereocenters. The minimum atomic E-state index is -3.96. The Balaban J connectivity index is 3.97. The summed E-state index contributed by atoms with van der Waals surface area (Å²) in [5, 5.41) is 18.8. The zero-order chi connectivity index (χ0) is 21.1. The molecule has 0 aromatic carbocycles. The van der Waals surface area contributed by atoms with Crippen LogP contribution < -0.4 is 0 Å². The number of aliphatic hydroxyl groups excluding tert-OH is 2. The zero-order valence-corrected chi connectivity index (χ0v) is 19.0. The van der Waals surface area contributed by atoms with E-state index in [0.29, 0.717) is 30.5 Å². The van der Waals surface area contributed by atoms with Crippen LogP contribution in [0.2, 0.25) is 0 Å². The van der Waals surface area contributed by atoms with Crippen LogP contribution in [0.25, 0.3) is 0 Å². The lowest BCUT2D eigenvalue weighted by Gasteiger charge is -2.38. The van der Waals surface area contributed by atoms with Gasteiger partial charge in [0.05, 0.1) is 32.1 Å². The maximum Gasteiger partial charge on any atom is 0.265 e. The molecule has 0 amide bonds. The van der Waals surface area contributed by atoms with Gasteiger partial charge in [0, 0.05) is 6.42 Å². The third kappa shape index (κ3) is 16.7. The fraction of sp³-hybridized carbons (Fsp3) is 1.00. The molecule has 0 saturated carbocycles. The Morgan fingerprint density at radius 2 is 1.00 bits per heavy atom. The first-order chi connectivity index (χ1) is 13.4. The molecule has 6 nitrogen and oxygen atoms in total. The molecule has 0 aliphatic heterocycles. The largest absolute Gasteiger partial charge is 0.391 e. The van der Waals surface area contributed by atoms with Crippen molar-refractivity contribution >= 4 is 10.1 Å². The monoisotopic (exact) mass is 424 g/mol. The topological polar surface area (TPSA) is 94.8 Å². The van der Waals surface area contributed by atoms with Crippen LogP contribution in [-0.4, -0.2) is 72.8 Å². The highest BCUT2D eigenvalue weighted by Gasteiger charge is 2.26. The fourth-order valence-corrected chi connectivity index (χ4v) is 4.46. The molecule has 0 spiro atoms. The van der Waals surface area contributed by atoms with Gasteiger partial charge in [-0.25, -0.2) is 0 Å². The molecule has 0 unspecified atom stereocenters. The van der Waals surface area contributed by atoms with Crippen molar-refractivity contribution in [1.82, 2.24) is 0 Å². The van der Waals surface area contributed by atoms with E-state index in [2.05, 4.69) is 6.92 Å². The van der Waals surface area contributed by atoms with Crippen molar-refractivity contribution in [2.45, 2.75) is 90.4 Å². The number of unbranched alkanes of at least 4 members (excludes halogenated alkanes) is 11. The molecule has 0 aromatic heterocycles. The SMILES string of the molecule is CCCCCCCCCCCCCC[N+](CCO)(CCO)CCCS(=O)(=O)O. The van der Waals surface area contributed by atoms with E-state index in [0.717, 1.165) is 19.4 Å². The first-order valence-electron chi connectivity index (χ1n) is 11.4. The van der Waals surface area contributed by atoms with Crippen molar-refractivity contribution in [3.63, 3.8) is 0 Å². The summed E-state index contributed by atoms with van der Waals surface area (Å²) in [5.74, 6) is -0.262. The molecular weight excluding hydrogens is 378 g/mol. The number of aliphatic hydroxyl groups is 2. The van der Waals surface area contributed by atoms with E-state index in [9.17, 15) is 18.6 Å². The zero-order valence-electron chi connectivity index (χ0n) is 18.2. The van der Waals surface area contributed by atoms with Crippen molar-refractivity contribution < 1.29 is 27.7 Å². The first-order valence-corrected chi connectivity index (χ1v) is 13.0. The van der Waals surface area contributed by atoms with Gasteiger partial charge in [0.15, 0.2) is 0 Å². The van der Waals surface area contributed by atoms with Gasteiger partial charge in [-0.05, 0) is 12.8 Å². The Kier molecular flexibility index (Phi) is 17.5. The average molecular weight is 425 g/mol. The molecule has 28 heavy (non-hydrogen) atoms. The summed E-state index contributed by atoms with van der Waals surface area (Å²) in [6.45, 7) is 4.71. The summed E-state index contributed by atoms with van der Waals surface area (Å²) in [5.41, 5.74) is 0. The van der Waals surface area contributed by atoms with E-state index < -0.39 is 10.1 Å². The average Bonchev–Trinajstić information content (AvgIpc) is 2.62. The molecule has 0 aliphatic rings. The van der Waals surface area contributed by atoms with Gasteiger partial charge in [-0.2, -0.15) is 8.42 Å². The van der Waals surface area contributed by atoms with Crippen molar-refractivity contribution in [2.75, 3.05) is 45.1 Å². The standard InChI is InChI=1S/C21H45NO5S/c1-2-3-4-5-6-7-8-9-10-11-12-13-15-22(17-19-23,18-20-24)16-14-21-28(25,26)27/h23-24H,2-21H2,1H3/p+1. The predicted octanol–water partition coefficient (Wildman–Crippen LogP) is 3.77. The van der Waals surface area contributed by atoms with Crippen LogP contribution in [0.15, 0.2) is 0 Å². The number of rotatable bonds is 21. The lowest BCUT2D eigenvalue weighted by molar-refractivity contribution is -0.928. The predicted molar refractivity (Wildman–Crippen MR) is 116 cm³/mol. The second-order valence-corrected chi connectivity index (χ2v) is 9.78. The lowest BCUT2D eigenvalue weighted by Crippen LogP contribution is -2.53. The molecule has 0 fully saturated rings. The number of quaternary nitrogens is 1. The Labute approximate surface area is 173 Å². The maximum atomic E-state index is 11.0. The quantitative estimate of drug-likeness (QED) is 0.148. The Bertz CT molecular complexity index is 436. The molecule has 0 heterocycles. The van der Waals surface area contributed by atoms with Crippen LogP contribution in [0.5, 0.6) is 0 Å². The van der Waals surface area contributed by atoms with E-state index in [1.807, 2.05) is 0 Å². The third-order valence-corrected chi connectivity index (χ3v) is 6.47. The molecule has 3 N–H and O–H groups in total. The summed E-state index contributed by atoms with van der Waals surface area (Å²) < 4.78 is 31.4. The summed E-state index contributed by atoms with van der Waals surface area (Å²) in [6.07, 6.45) is 15.7. The molecular formula is C21H46NO5S+. The van der Waals surface area contributed by atoms with Crippen LogP contribution in [0, 0.1) is 0 Å². The van der Waals surface area contributed by atoms with Crippen molar-refractivity contribution in [1.29, 1.82) is 0 Å². The summed E-state index contributed by atoms with van der Waals surface area (Å²) in [7, 11) is -3.96. The van der Waals surface area contributed by atoms with Gasteiger partial charge in [-0.3, -0.25) is 4.55 Å². The van der Waals surface area contributed by atoms with Gasteiger partial charge in [0.2, 0.25) is 0 Å². The fourth-order valence-electron chi connectivity index (χ4n) is 3.97. The van der Waals surface area contributed by atoms with Crippen LogP contribution in [0.3, 0.4) is 0 Å². The van der Waals surface area contributed by atoms with Crippen molar-refractivity contribution in [3.8, 4) is 0 Å². The second-order valence-electron chi connectivity index (χ2n) is 8.21. The molecule has 0 bridgehead atoms. The van der Waals surface area contributed by atoms with Gasteiger partial charge in [-0.1, -0.05) is 71.1 Å². The normalized spacial score (nSPS) is 12.6. The summed E-state index contributed by atoms with van der Waals surface area (Å²) in [4.78, 5) is 0. The molecule has 0 radical (unpaired) electrons. The van der Waals surface area contributed by atoms with Gasteiger partial charge >= 0.3 is 0 Å². The Morgan fingerprint density at radius 1 is 0.607 bits per heavy atom. The van der Waals surface area contributed by atoms with E-state index in [1.54, 1.807) is 0 Å². The Morgan fingerprint density at radius 3 is 1.39 bits per heavy atom. The highest BCUT2D eigenvalue weighted by atomic mass is 32.2. The van der Waals surface area contributed by atoms with E-state index in [1.165, 1.54) is 64.2 Å². The minimum Gasteiger partial charge on any atom is -0.391 e. The van der Waals surface area contributed by atoms with Gasteiger partial charge < -0.3 is 14.7 Å². The van der Waals surface area contributed by atoms with Gasteiger partial charge in [-0.15, -0.1) is 0 Å². The van der Waals surface area contributed by atoms with Crippen LogP contribution >= 0.6 is 0 Å². The molecule has 0 aliphatic carbocycles. The number of nitrogens with zero attached hydrogens (tertiary/aromatic N) is 1. The highest BCUT2D eigenvalue weighted by Crippen LogP contribution is 2.15. The third-order valence-electron chi connectivity index (χ3n) is 5.67. The van der Waals surface area contributed by atoms with E-state index in [4.69, 9.17) is 4.55 Å². The summed E-state index contributed by atoms with van der Waals surface area (Å²) in [6, 6.07) is 0. The molecule has 0 rings (SSSR count). The smallest absolute Gasteiger partial charge is 0.265 e. The Hall–Kier alpha value is -0.210. The number of hydrogen-bond donors (Lipinski definition) is 3. The van der Waals surface area contributed by atoms with Gasteiger partial charge in [0.25, 0.3) is 10.1 Å². The number of hydrogen-bond acceptors (Lipinski definition) is 4. The van der Waals surface area contributed by atoms with E-state index in [-0.39, 0.29) is 19.0 Å². The highest BCUT2D eigenvalue weighted by molar-refractivity contribution is 7.85. The summed E-state index contributed by atoms with van der Waals surface area (Å²) >= 11 is 0. The van der Waals surface area contributed by atoms with Crippen molar-refractivity contribution in [2.24, 2.45) is 0 Å². The lowest BCUT2D eigenvalue weighted by atomic mass is 10.0. The van der Waals surface area contributed by atoms with E-state index >= 15 is 0 Å². The van der Waals surface area contributed by atoms with Gasteiger partial charge in [0.1, 0.15) is 13.1 Å². The molecule has 0 saturated heterocycles. The molecule has 0 aromatic rings. The van der Waals surface area contributed by atoms with Crippen LogP contribution in [-0.2, 0) is 10.1 Å². The molecule has 170 valence electrons. The van der Waals surface area contributed by atoms with Crippen LogP contribution in [0.1, 0.15) is 90.4 Å². The van der Waals surface area contributed by atoms with Crippen molar-refractivity contribution in [3.05, 3.63) is 0 Å². The first kappa shape index (κ1) is 27.8.